The van der Waals surface area contributed by atoms with Crippen molar-refractivity contribution in [3.8, 4) is 5.75 Å². The monoisotopic (exact) mass is 397 g/mol. The molecule has 0 aromatic heterocycles. The van der Waals surface area contributed by atoms with Crippen LogP contribution in [0.15, 0.2) is 48.5 Å². The van der Waals surface area contributed by atoms with E-state index < -0.39 is 0 Å². The summed E-state index contributed by atoms with van der Waals surface area (Å²) in [5, 5.41) is 3.57. The van der Waals surface area contributed by atoms with E-state index in [4.69, 9.17) is 9.47 Å². The van der Waals surface area contributed by atoms with Gasteiger partial charge in [0.1, 0.15) is 5.75 Å². The zero-order chi connectivity index (χ0) is 20.8. The van der Waals surface area contributed by atoms with Crippen molar-refractivity contribution in [3.63, 3.8) is 0 Å². The van der Waals surface area contributed by atoms with E-state index in [-0.39, 0.29) is 18.1 Å². The number of rotatable bonds is 7. The number of hydrogen-bond donors (Lipinski definition) is 1. The second-order valence-electron chi connectivity index (χ2n) is 7.60. The van der Waals surface area contributed by atoms with Gasteiger partial charge in [-0.3, -0.25) is 4.79 Å². The highest BCUT2D eigenvalue weighted by molar-refractivity contribution is 5.94. The maximum Gasteiger partial charge on any atom is 0.253 e. The summed E-state index contributed by atoms with van der Waals surface area (Å²) in [6.45, 7) is 5.18. The Kier molecular flexibility index (Phi) is 7.12. The highest BCUT2D eigenvalue weighted by Crippen LogP contribution is 2.21. The maximum atomic E-state index is 12.3. The summed E-state index contributed by atoms with van der Waals surface area (Å²) in [7, 11) is 5.23. The first-order chi connectivity index (χ1) is 14.0. The highest BCUT2D eigenvalue weighted by atomic mass is 16.5. The molecule has 6 nitrogen and oxygen atoms in total. The Morgan fingerprint density at radius 2 is 2.07 bits per heavy atom. The molecule has 156 valence electrons. The first-order valence-corrected chi connectivity index (χ1v) is 10.0. The predicted molar refractivity (Wildman–Crippen MR) is 116 cm³/mol. The Hall–Kier alpha value is -2.57. The van der Waals surface area contributed by atoms with Gasteiger partial charge in [0, 0.05) is 51.0 Å². The van der Waals surface area contributed by atoms with Crippen molar-refractivity contribution in [3.05, 3.63) is 59.7 Å². The van der Waals surface area contributed by atoms with Crippen LogP contribution >= 0.6 is 0 Å². The molecule has 2 atom stereocenters. The average Bonchev–Trinajstić information content (AvgIpc) is 2.77. The molecule has 1 N–H and O–H groups in total. The standard InChI is InChI=1S/C23H31N3O3/c1-17(18-7-6-10-21(14-18)28-4)24-15-22-16-26(11-12-29-22)20-9-5-8-19(13-20)23(27)25(2)3/h5-10,13-14,17,22,24H,11-12,15-16H2,1-4H3/t17-,22?/m1/s1. The number of benzene rings is 2. The van der Waals surface area contributed by atoms with Crippen LogP contribution in [0.2, 0.25) is 0 Å². The van der Waals surface area contributed by atoms with Gasteiger partial charge in [0.05, 0.1) is 19.8 Å². The molecule has 1 unspecified atom stereocenters. The molecule has 0 aliphatic carbocycles. The lowest BCUT2D eigenvalue weighted by atomic mass is 10.1. The van der Waals surface area contributed by atoms with Crippen molar-refractivity contribution in [1.82, 2.24) is 10.2 Å². The molecule has 29 heavy (non-hydrogen) atoms. The lowest BCUT2D eigenvalue weighted by Crippen LogP contribution is -2.47. The molecular formula is C23H31N3O3. The van der Waals surface area contributed by atoms with Crippen molar-refractivity contribution in [2.45, 2.75) is 19.1 Å². The molecule has 1 aliphatic heterocycles. The summed E-state index contributed by atoms with van der Waals surface area (Å²) >= 11 is 0. The van der Waals surface area contributed by atoms with Gasteiger partial charge in [0.25, 0.3) is 5.91 Å². The van der Waals surface area contributed by atoms with Crippen LogP contribution in [0.3, 0.4) is 0 Å². The van der Waals surface area contributed by atoms with E-state index in [2.05, 4.69) is 35.3 Å². The summed E-state index contributed by atoms with van der Waals surface area (Å²) in [4.78, 5) is 16.2. The molecule has 1 saturated heterocycles. The minimum atomic E-state index is 0.0189. The minimum absolute atomic E-state index is 0.0189. The summed E-state index contributed by atoms with van der Waals surface area (Å²) in [6, 6.07) is 16.1. The molecule has 1 amide bonds. The lowest BCUT2D eigenvalue weighted by Gasteiger charge is -2.35. The number of nitrogens with zero attached hydrogens (tertiary/aromatic N) is 2. The van der Waals surface area contributed by atoms with Gasteiger partial charge in [-0.15, -0.1) is 0 Å². The average molecular weight is 398 g/mol. The molecule has 0 saturated carbocycles. The van der Waals surface area contributed by atoms with E-state index in [0.717, 1.165) is 31.1 Å². The number of methoxy groups -OCH3 is 1. The number of ether oxygens (including phenoxy) is 2. The number of hydrogen-bond acceptors (Lipinski definition) is 5. The number of nitrogens with one attached hydrogen (secondary N) is 1. The third-order valence-electron chi connectivity index (χ3n) is 5.25. The second kappa shape index (κ2) is 9.76. The first kappa shape index (κ1) is 21.1. The third kappa shape index (κ3) is 5.49. The van der Waals surface area contributed by atoms with E-state index in [1.165, 1.54) is 5.56 Å². The summed E-state index contributed by atoms with van der Waals surface area (Å²) in [5.41, 5.74) is 2.96. The lowest BCUT2D eigenvalue weighted by molar-refractivity contribution is 0.0394. The molecule has 1 fully saturated rings. The van der Waals surface area contributed by atoms with E-state index in [1.54, 1.807) is 26.1 Å². The number of morpholine rings is 1. The predicted octanol–water partition coefficient (Wildman–Crippen LogP) is 2.95. The van der Waals surface area contributed by atoms with Crippen LogP contribution in [0, 0.1) is 0 Å². The molecule has 2 aromatic rings. The fraction of sp³-hybridized carbons (Fsp3) is 0.435. The van der Waals surface area contributed by atoms with Crippen molar-refractivity contribution < 1.29 is 14.3 Å². The second-order valence-corrected chi connectivity index (χ2v) is 7.60. The van der Waals surface area contributed by atoms with Crippen LogP contribution in [0.25, 0.3) is 0 Å². The van der Waals surface area contributed by atoms with Crippen LogP contribution in [0.5, 0.6) is 5.75 Å². The fourth-order valence-electron chi connectivity index (χ4n) is 3.51. The summed E-state index contributed by atoms with van der Waals surface area (Å²) in [6.07, 6.45) is 0.0880. The molecule has 1 aliphatic rings. The van der Waals surface area contributed by atoms with E-state index >= 15 is 0 Å². The first-order valence-electron chi connectivity index (χ1n) is 10.0. The highest BCUT2D eigenvalue weighted by Gasteiger charge is 2.22. The number of amides is 1. The van der Waals surface area contributed by atoms with Crippen LogP contribution in [0.4, 0.5) is 5.69 Å². The number of anilines is 1. The smallest absolute Gasteiger partial charge is 0.253 e. The largest absolute Gasteiger partial charge is 0.497 e. The number of carbonyl (C=O) groups excluding carboxylic acids is 1. The molecule has 2 aromatic carbocycles. The van der Waals surface area contributed by atoms with Gasteiger partial charge in [-0.05, 0) is 42.8 Å². The SMILES string of the molecule is COc1cccc([C@@H](C)NCC2CN(c3cccc(C(=O)N(C)C)c3)CCO2)c1. The van der Waals surface area contributed by atoms with E-state index in [9.17, 15) is 4.79 Å². The molecule has 1 heterocycles. The van der Waals surface area contributed by atoms with E-state index in [0.29, 0.717) is 12.2 Å². The van der Waals surface area contributed by atoms with Crippen LogP contribution in [0.1, 0.15) is 28.9 Å². The van der Waals surface area contributed by atoms with Gasteiger partial charge < -0.3 is 24.6 Å². The van der Waals surface area contributed by atoms with Gasteiger partial charge in [0.15, 0.2) is 0 Å². The molecular weight excluding hydrogens is 366 g/mol. The zero-order valence-corrected chi connectivity index (χ0v) is 17.7. The van der Waals surface area contributed by atoms with Gasteiger partial charge in [-0.25, -0.2) is 0 Å². The van der Waals surface area contributed by atoms with Crippen LogP contribution < -0.4 is 15.0 Å². The van der Waals surface area contributed by atoms with Crippen molar-refractivity contribution in [1.29, 1.82) is 0 Å². The van der Waals surface area contributed by atoms with Crippen molar-refractivity contribution in [2.24, 2.45) is 0 Å². The minimum Gasteiger partial charge on any atom is -0.497 e. The topological polar surface area (TPSA) is 54.0 Å². The van der Waals surface area contributed by atoms with Crippen molar-refractivity contribution >= 4 is 11.6 Å². The summed E-state index contributed by atoms with van der Waals surface area (Å²) < 4.78 is 11.3. The van der Waals surface area contributed by atoms with Gasteiger partial charge in [-0.1, -0.05) is 18.2 Å². The summed E-state index contributed by atoms with van der Waals surface area (Å²) in [5.74, 6) is 0.883. The third-order valence-corrected chi connectivity index (χ3v) is 5.25. The molecule has 0 spiro atoms. The maximum absolute atomic E-state index is 12.3. The Bertz CT molecular complexity index is 825. The Morgan fingerprint density at radius 1 is 1.28 bits per heavy atom. The molecule has 6 heteroatoms. The van der Waals surface area contributed by atoms with Crippen LogP contribution in [-0.4, -0.2) is 64.4 Å². The van der Waals surface area contributed by atoms with Crippen LogP contribution in [-0.2, 0) is 4.74 Å². The van der Waals surface area contributed by atoms with Gasteiger partial charge >= 0.3 is 0 Å². The Labute approximate surface area is 173 Å². The normalized spacial score (nSPS) is 17.7. The number of carbonyl (C=O) groups is 1. The van der Waals surface area contributed by atoms with E-state index in [1.807, 2.05) is 30.3 Å². The Morgan fingerprint density at radius 3 is 2.83 bits per heavy atom. The quantitative estimate of drug-likeness (QED) is 0.779. The van der Waals surface area contributed by atoms with Gasteiger partial charge in [-0.2, -0.15) is 0 Å². The van der Waals surface area contributed by atoms with Gasteiger partial charge in [0.2, 0.25) is 0 Å². The zero-order valence-electron chi connectivity index (χ0n) is 17.7. The van der Waals surface area contributed by atoms with Crippen molar-refractivity contribution in [2.75, 3.05) is 52.3 Å². The molecule has 0 radical (unpaired) electrons. The Balaban J connectivity index is 1.59. The molecule has 0 bridgehead atoms. The molecule has 3 rings (SSSR count). The fourth-order valence-corrected chi connectivity index (χ4v) is 3.51.